The normalized spacial score (nSPS) is 20.6. The van der Waals surface area contributed by atoms with Crippen molar-refractivity contribution in [2.45, 2.75) is 40.0 Å². The minimum atomic E-state index is 0.301. The maximum absolute atomic E-state index is 8.33. The minimum absolute atomic E-state index is 0.301. The van der Waals surface area contributed by atoms with Gasteiger partial charge in [-0.1, -0.05) is 49.8 Å². The van der Waals surface area contributed by atoms with E-state index < -0.39 is 0 Å². The van der Waals surface area contributed by atoms with E-state index in [9.17, 15) is 0 Å². The predicted octanol–water partition coefficient (Wildman–Crippen LogP) is 4.71. The van der Waals surface area contributed by atoms with Gasteiger partial charge in [-0.05, 0) is 37.2 Å². The van der Waals surface area contributed by atoms with Crippen molar-refractivity contribution in [1.29, 1.82) is 5.26 Å². The van der Waals surface area contributed by atoms with Gasteiger partial charge in [-0.2, -0.15) is 5.26 Å². The molecule has 0 unspecified atom stereocenters. The lowest BCUT2D eigenvalue weighted by molar-refractivity contribution is 0.377. The molecule has 0 bridgehead atoms. The van der Waals surface area contributed by atoms with E-state index in [0.717, 1.165) is 0 Å². The second-order valence-corrected chi connectivity index (χ2v) is 5.16. The summed E-state index contributed by atoms with van der Waals surface area (Å²) in [5, 5.41) is 8.33. The number of rotatable bonds is 3. The van der Waals surface area contributed by atoms with E-state index in [2.05, 4.69) is 32.9 Å². The van der Waals surface area contributed by atoms with Crippen LogP contribution < -0.4 is 0 Å². The van der Waals surface area contributed by atoms with Crippen molar-refractivity contribution in [2.24, 2.45) is 5.41 Å². The average Bonchev–Trinajstić information content (AvgIpc) is 2.26. The van der Waals surface area contributed by atoms with Gasteiger partial charge in [0.05, 0.1) is 6.07 Å². The summed E-state index contributed by atoms with van der Waals surface area (Å²) < 4.78 is 0. The molecule has 1 heteroatoms. The Morgan fingerprint density at radius 3 is 2.53 bits per heavy atom. The third kappa shape index (κ3) is 4.07. The lowest BCUT2D eigenvalue weighted by atomic mass is 9.73. The largest absolute Gasteiger partial charge is 0.193 e. The Balaban J connectivity index is 2.73. The SMILES string of the molecule is CC1=C(/C=C/C=C/C=C/C#N)C(C)(C)CCC1. The van der Waals surface area contributed by atoms with Crippen LogP contribution in [0.3, 0.4) is 0 Å². The van der Waals surface area contributed by atoms with Gasteiger partial charge in [0.2, 0.25) is 0 Å². The molecule has 0 fully saturated rings. The van der Waals surface area contributed by atoms with Crippen LogP contribution in [0.5, 0.6) is 0 Å². The first-order valence-electron chi connectivity index (χ1n) is 6.17. The van der Waals surface area contributed by atoms with Crippen LogP contribution in [-0.4, -0.2) is 0 Å². The average molecular weight is 227 g/mol. The summed E-state index contributed by atoms with van der Waals surface area (Å²) in [6, 6.07) is 1.96. The highest BCUT2D eigenvalue weighted by Gasteiger charge is 2.26. The fourth-order valence-electron chi connectivity index (χ4n) is 2.39. The molecule has 1 nitrogen and oxygen atoms in total. The molecular weight excluding hydrogens is 206 g/mol. The van der Waals surface area contributed by atoms with Gasteiger partial charge in [0.15, 0.2) is 0 Å². The zero-order valence-corrected chi connectivity index (χ0v) is 11.0. The molecule has 0 heterocycles. The second-order valence-electron chi connectivity index (χ2n) is 5.16. The molecule has 0 aromatic carbocycles. The summed E-state index contributed by atoms with van der Waals surface area (Å²) in [5.74, 6) is 0. The molecule has 17 heavy (non-hydrogen) atoms. The Kier molecular flexibility index (Phi) is 4.97. The van der Waals surface area contributed by atoms with Crippen LogP contribution in [0.15, 0.2) is 47.6 Å². The van der Waals surface area contributed by atoms with Crippen LogP contribution in [0.25, 0.3) is 0 Å². The molecule has 0 saturated carbocycles. The van der Waals surface area contributed by atoms with Crippen LogP contribution in [0, 0.1) is 16.7 Å². The second kappa shape index (κ2) is 6.25. The van der Waals surface area contributed by atoms with Crippen molar-refractivity contribution in [3.8, 4) is 6.07 Å². The maximum Gasteiger partial charge on any atom is 0.0912 e. The van der Waals surface area contributed by atoms with Crippen molar-refractivity contribution < 1.29 is 0 Å². The lowest BCUT2D eigenvalue weighted by Crippen LogP contribution is -2.18. The number of allylic oxidation sites excluding steroid dienone is 8. The van der Waals surface area contributed by atoms with Gasteiger partial charge in [0.25, 0.3) is 0 Å². The van der Waals surface area contributed by atoms with Gasteiger partial charge < -0.3 is 0 Å². The molecular formula is C16H21N. The highest BCUT2D eigenvalue weighted by Crippen LogP contribution is 2.40. The van der Waals surface area contributed by atoms with Crippen molar-refractivity contribution in [2.75, 3.05) is 0 Å². The molecule has 0 atom stereocenters. The summed E-state index contributed by atoms with van der Waals surface area (Å²) in [5.41, 5.74) is 3.28. The summed E-state index contributed by atoms with van der Waals surface area (Å²) in [7, 11) is 0. The molecule has 1 aliphatic carbocycles. The van der Waals surface area contributed by atoms with Gasteiger partial charge >= 0.3 is 0 Å². The summed E-state index contributed by atoms with van der Waals surface area (Å²) >= 11 is 0. The zero-order chi connectivity index (χ0) is 12.7. The molecule has 0 radical (unpaired) electrons. The first kappa shape index (κ1) is 13.5. The fraction of sp³-hybridized carbons (Fsp3) is 0.438. The highest BCUT2D eigenvalue weighted by molar-refractivity contribution is 5.34. The zero-order valence-electron chi connectivity index (χ0n) is 11.0. The van der Waals surface area contributed by atoms with Crippen molar-refractivity contribution in [3.05, 3.63) is 47.6 Å². The molecule has 1 aliphatic rings. The fourth-order valence-corrected chi connectivity index (χ4v) is 2.39. The Bertz CT molecular complexity index is 411. The molecule has 0 amide bonds. The van der Waals surface area contributed by atoms with Crippen molar-refractivity contribution in [1.82, 2.24) is 0 Å². The van der Waals surface area contributed by atoms with E-state index >= 15 is 0 Å². The first-order chi connectivity index (χ1) is 8.08. The van der Waals surface area contributed by atoms with Gasteiger partial charge in [0, 0.05) is 6.08 Å². The quantitative estimate of drug-likeness (QED) is 0.506. The summed E-state index contributed by atoms with van der Waals surface area (Å²) in [6.07, 6.45) is 15.1. The first-order valence-corrected chi connectivity index (χ1v) is 6.17. The van der Waals surface area contributed by atoms with Gasteiger partial charge in [-0.25, -0.2) is 0 Å². The van der Waals surface area contributed by atoms with E-state index in [4.69, 9.17) is 5.26 Å². The summed E-state index contributed by atoms with van der Waals surface area (Å²) in [6.45, 7) is 6.86. The predicted molar refractivity (Wildman–Crippen MR) is 73.4 cm³/mol. The van der Waals surface area contributed by atoms with Crippen LogP contribution in [0.1, 0.15) is 40.0 Å². The Hall–Kier alpha value is -1.55. The molecule has 0 aromatic heterocycles. The maximum atomic E-state index is 8.33. The number of hydrogen-bond donors (Lipinski definition) is 0. The Labute approximate surface area is 105 Å². The van der Waals surface area contributed by atoms with Gasteiger partial charge in [-0.15, -0.1) is 0 Å². The number of nitriles is 1. The molecule has 0 spiro atoms. The third-order valence-corrected chi connectivity index (χ3v) is 3.31. The monoisotopic (exact) mass is 227 g/mol. The number of hydrogen-bond acceptors (Lipinski definition) is 1. The van der Waals surface area contributed by atoms with E-state index in [0.29, 0.717) is 5.41 Å². The molecule has 1 rings (SSSR count). The Morgan fingerprint density at radius 1 is 1.18 bits per heavy atom. The minimum Gasteiger partial charge on any atom is -0.193 e. The molecule has 0 saturated heterocycles. The molecule has 0 aromatic rings. The van der Waals surface area contributed by atoms with Crippen molar-refractivity contribution in [3.63, 3.8) is 0 Å². The third-order valence-electron chi connectivity index (χ3n) is 3.31. The van der Waals surface area contributed by atoms with Crippen molar-refractivity contribution >= 4 is 0 Å². The van der Waals surface area contributed by atoms with E-state index in [-0.39, 0.29) is 0 Å². The molecule has 0 N–H and O–H groups in total. The van der Waals surface area contributed by atoms with Gasteiger partial charge in [0.1, 0.15) is 0 Å². The van der Waals surface area contributed by atoms with Crippen LogP contribution in [-0.2, 0) is 0 Å². The highest BCUT2D eigenvalue weighted by atomic mass is 14.3. The van der Waals surface area contributed by atoms with E-state index in [1.54, 1.807) is 6.08 Å². The lowest BCUT2D eigenvalue weighted by Gasteiger charge is -2.32. The van der Waals surface area contributed by atoms with E-state index in [1.165, 1.54) is 36.5 Å². The van der Waals surface area contributed by atoms with Gasteiger partial charge in [-0.3, -0.25) is 0 Å². The standard InChI is InChI=1S/C16H21N/c1-14-10-9-12-16(2,3)15(14)11-7-5-4-6-8-13-17/h4-8,11H,9-10,12H2,1-3H3/b5-4+,8-6+,11-7+. The smallest absolute Gasteiger partial charge is 0.0912 e. The molecule has 0 aliphatic heterocycles. The van der Waals surface area contributed by atoms with Crippen LogP contribution >= 0.6 is 0 Å². The van der Waals surface area contributed by atoms with Crippen LogP contribution in [0.4, 0.5) is 0 Å². The Morgan fingerprint density at radius 2 is 1.88 bits per heavy atom. The molecule has 90 valence electrons. The number of nitrogens with zero attached hydrogens (tertiary/aromatic N) is 1. The van der Waals surface area contributed by atoms with E-state index in [1.807, 2.05) is 18.2 Å². The topological polar surface area (TPSA) is 23.8 Å². The van der Waals surface area contributed by atoms with Crippen LogP contribution in [0.2, 0.25) is 0 Å². The summed E-state index contributed by atoms with van der Waals surface area (Å²) in [4.78, 5) is 0.